The molecule has 0 fully saturated rings. The van der Waals surface area contributed by atoms with Gasteiger partial charge in [-0.2, -0.15) is 0 Å². The van der Waals surface area contributed by atoms with Gasteiger partial charge in [0.05, 0.1) is 19.3 Å². The molecular weight excluding hydrogens is 258 g/mol. The number of nitrogens with two attached hydrogens (primary N) is 1. The van der Waals surface area contributed by atoms with E-state index in [-0.39, 0.29) is 5.92 Å². The molecular formula is C13H19N5O2. The highest BCUT2D eigenvalue weighted by atomic mass is 16.5. The molecule has 2 rings (SSSR count). The molecule has 20 heavy (non-hydrogen) atoms. The first-order valence-electron chi connectivity index (χ1n) is 6.35. The molecule has 0 radical (unpaired) electrons. The van der Waals surface area contributed by atoms with Gasteiger partial charge in [0.2, 0.25) is 0 Å². The van der Waals surface area contributed by atoms with E-state index in [0.29, 0.717) is 36.0 Å². The minimum Gasteiger partial charge on any atom is -0.496 e. The van der Waals surface area contributed by atoms with Crippen molar-refractivity contribution in [2.45, 2.75) is 13.5 Å². The Kier molecular flexibility index (Phi) is 4.52. The molecule has 0 saturated carbocycles. The van der Waals surface area contributed by atoms with Crippen LogP contribution in [-0.2, 0) is 11.3 Å². The summed E-state index contributed by atoms with van der Waals surface area (Å²) < 4.78 is 12.2. The summed E-state index contributed by atoms with van der Waals surface area (Å²) in [6.45, 7) is 3.36. The maximum Gasteiger partial charge on any atom is 0.187 e. The van der Waals surface area contributed by atoms with Gasteiger partial charge in [0.15, 0.2) is 5.82 Å². The monoisotopic (exact) mass is 277 g/mol. The Morgan fingerprint density at radius 1 is 1.35 bits per heavy atom. The van der Waals surface area contributed by atoms with Crippen LogP contribution in [0.3, 0.4) is 0 Å². The SMILES string of the molecule is COCC(C)Cn1nnnc1-c1c(N)cccc1OC. The number of hydrogen-bond acceptors (Lipinski definition) is 6. The van der Waals surface area contributed by atoms with Gasteiger partial charge in [0.1, 0.15) is 5.75 Å². The highest BCUT2D eigenvalue weighted by Gasteiger charge is 2.18. The maximum absolute atomic E-state index is 6.03. The lowest BCUT2D eigenvalue weighted by molar-refractivity contribution is 0.149. The van der Waals surface area contributed by atoms with Crippen LogP contribution in [0, 0.1) is 5.92 Å². The van der Waals surface area contributed by atoms with Crippen LogP contribution >= 0.6 is 0 Å². The fraction of sp³-hybridized carbons (Fsp3) is 0.462. The number of anilines is 1. The van der Waals surface area contributed by atoms with Crippen LogP contribution in [-0.4, -0.2) is 41.0 Å². The molecule has 7 nitrogen and oxygen atoms in total. The summed E-state index contributed by atoms with van der Waals surface area (Å²) in [4.78, 5) is 0. The number of rotatable bonds is 6. The summed E-state index contributed by atoms with van der Waals surface area (Å²) in [5.74, 6) is 1.54. The topological polar surface area (TPSA) is 88.1 Å². The first-order chi connectivity index (χ1) is 9.67. The zero-order valence-electron chi connectivity index (χ0n) is 11.9. The van der Waals surface area contributed by atoms with E-state index in [1.807, 2.05) is 12.1 Å². The summed E-state index contributed by atoms with van der Waals surface area (Å²) in [5, 5.41) is 11.8. The molecule has 1 unspecified atom stereocenters. The van der Waals surface area contributed by atoms with Crippen LogP contribution in [0.5, 0.6) is 5.75 Å². The van der Waals surface area contributed by atoms with Crippen LogP contribution < -0.4 is 10.5 Å². The van der Waals surface area contributed by atoms with E-state index in [9.17, 15) is 0 Å². The predicted octanol–water partition coefficient (Wildman–Crippen LogP) is 1.21. The number of hydrogen-bond donors (Lipinski definition) is 1. The van der Waals surface area contributed by atoms with Crippen molar-refractivity contribution in [2.75, 3.05) is 26.6 Å². The van der Waals surface area contributed by atoms with E-state index in [2.05, 4.69) is 22.4 Å². The van der Waals surface area contributed by atoms with Crippen molar-refractivity contribution in [3.8, 4) is 17.1 Å². The lowest BCUT2D eigenvalue weighted by atomic mass is 10.1. The van der Waals surface area contributed by atoms with Gasteiger partial charge in [0.25, 0.3) is 0 Å². The Hall–Kier alpha value is -2.15. The molecule has 0 amide bonds. The molecule has 2 aromatic rings. The molecule has 1 aromatic carbocycles. The second-order valence-electron chi connectivity index (χ2n) is 4.67. The minimum absolute atomic E-state index is 0.290. The Labute approximate surface area is 117 Å². The smallest absolute Gasteiger partial charge is 0.187 e. The van der Waals surface area contributed by atoms with Gasteiger partial charge in [-0.25, -0.2) is 4.68 Å². The van der Waals surface area contributed by atoms with Gasteiger partial charge in [0, 0.05) is 19.3 Å². The van der Waals surface area contributed by atoms with Crippen molar-refractivity contribution in [3.63, 3.8) is 0 Å². The van der Waals surface area contributed by atoms with Gasteiger partial charge >= 0.3 is 0 Å². The normalized spacial score (nSPS) is 12.3. The fourth-order valence-electron chi connectivity index (χ4n) is 2.10. The van der Waals surface area contributed by atoms with Crippen molar-refractivity contribution < 1.29 is 9.47 Å². The summed E-state index contributed by atoms with van der Waals surface area (Å²) >= 11 is 0. The van der Waals surface area contributed by atoms with Crippen molar-refractivity contribution in [3.05, 3.63) is 18.2 Å². The van der Waals surface area contributed by atoms with Gasteiger partial charge in [-0.3, -0.25) is 0 Å². The summed E-state index contributed by atoms with van der Waals surface area (Å²) in [6, 6.07) is 5.47. The molecule has 7 heteroatoms. The zero-order chi connectivity index (χ0) is 14.5. The number of benzene rings is 1. The molecule has 0 saturated heterocycles. The molecule has 108 valence electrons. The average molecular weight is 277 g/mol. The first-order valence-corrected chi connectivity index (χ1v) is 6.35. The van der Waals surface area contributed by atoms with Crippen LogP contribution in [0.15, 0.2) is 18.2 Å². The average Bonchev–Trinajstić information content (AvgIpc) is 2.86. The van der Waals surface area contributed by atoms with E-state index < -0.39 is 0 Å². The third-order valence-electron chi connectivity index (χ3n) is 2.97. The zero-order valence-corrected chi connectivity index (χ0v) is 11.9. The van der Waals surface area contributed by atoms with E-state index >= 15 is 0 Å². The fourth-order valence-corrected chi connectivity index (χ4v) is 2.10. The van der Waals surface area contributed by atoms with E-state index in [4.69, 9.17) is 15.2 Å². The summed E-state index contributed by atoms with van der Waals surface area (Å²) in [7, 11) is 3.27. The molecule has 1 aromatic heterocycles. The molecule has 1 atom stereocenters. The quantitative estimate of drug-likeness (QED) is 0.798. The van der Waals surface area contributed by atoms with Gasteiger partial charge in [-0.1, -0.05) is 13.0 Å². The van der Waals surface area contributed by atoms with Gasteiger partial charge in [-0.15, -0.1) is 5.10 Å². The first kappa shape index (κ1) is 14.3. The van der Waals surface area contributed by atoms with E-state index in [1.165, 1.54) is 0 Å². The van der Waals surface area contributed by atoms with Crippen molar-refractivity contribution in [2.24, 2.45) is 5.92 Å². The van der Waals surface area contributed by atoms with Crippen LogP contribution in [0.2, 0.25) is 0 Å². The third-order valence-corrected chi connectivity index (χ3v) is 2.97. The predicted molar refractivity (Wildman–Crippen MR) is 75.3 cm³/mol. The summed E-state index contributed by atoms with van der Waals surface area (Å²) in [5.41, 5.74) is 7.33. The Morgan fingerprint density at radius 3 is 2.85 bits per heavy atom. The van der Waals surface area contributed by atoms with E-state index in [1.54, 1.807) is 25.0 Å². The van der Waals surface area contributed by atoms with Crippen molar-refractivity contribution in [1.82, 2.24) is 20.2 Å². The van der Waals surface area contributed by atoms with Gasteiger partial charge in [-0.05, 0) is 28.5 Å². The molecule has 0 aliphatic rings. The second kappa shape index (κ2) is 6.33. The summed E-state index contributed by atoms with van der Waals surface area (Å²) in [6.07, 6.45) is 0. The van der Waals surface area contributed by atoms with Crippen LogP contribution in [0.25, 0.3) is 11.4 Å². The molecule has 2 N–H and O–H groups in total. The van der Waals surface area contributed by atoms with Gasteiger partial charge < -0.3 is 15.2 Å². The molecule has 0 aliphatic carbocycles. The molecule has 0 spiro atoms. The number of ether oxygens (including phenoxy) is 2. The highest BCUT2D eigenvalue weighted by molar-refractivity contribution is 5.77. The van der Waals surface area contributed by atoms with E-state index in [0.717, 1.165) is 0 Å². The number of nitrogen functional groups attached to an aromatic ring is 1. The third kappa shape index (κ3) is 2.88. The van der Waals surface area contributed by atoms with Crippen molar-refractivity contribution in [1.29, 1.82) is 0 Å². The molecule has 0 aliphatic heterocycles. The van der Waals surface area contributed by atoms with Crippen molar-refractivity contribution >= 4 is 5.69 Å². The largest absolute Gasteiger partial charge is 0.496 e. The lowest BCUT2D eigenvalue weighted by Crippen LogP contribution is -2.15. The Balaban J connectivity index is 2.37. The van der Waals surface area contributed by atoms with Crippen LogP contribution in [0.4, 0.5) is 5.69 Å². The second-order valence-corrected chi connectivity index (χ2v) is 4.67. The minimum atomic E-state index is 0.290. The number of aromatic nitrogens is 4. The van der Waals surface area contributed by atoms with Crippen LogP contribution in [0.1, 0.15) is 6.92 Å². The maximum atomic E-state index is 6.03. The number of nitrogens with zero attached hydrogens (tertiary/aromatic N) is 4. The highest BCUT2D eigenvalue weighted by Crippen LogP contribution is 2.33. The Bertz CT molecular complexity index is 570. The number of methoxy groups -OCH3 is 2. The molecule has 0 bridgehead atoms. The Morgan fingerprint density at radius 2 is 2.15 bits per heavy atom. The lowest BCUT2D eigenvalue weighted by Gasteiger charge is -2.13. The standard InChI is InChI=1S/C13H19N5O2/c1-9(8-19-2)7-18-13(15-16-17-18)12-10(14)5-4-6-11(12)20-3/h4-6,9H,7-8,14H2,1-3H3. The molecule has 1 heterocycles. The number of tetrazole rings is 1.